The highest BCUT2D eigenvalue weighted by molar-refractivity contribution is 5.83. The molecule has 0 saturated carbocycles. The lowest BCUT2D eigenvalue weighted by molar-refractivity contribution is -0.153. The number of aromatic nitrogens is 2. The molecule has 106 valence electrons. The van der Waals surface area contributed by atoms with Crippen molar-refractivity contribution in [3.8, 4) is 0 Å². The summed E-state index contributed by atoms with van der Waals surface area (Å²) >= 11 is 0. The number of hydrogen-bond donors (Lipinski definition) is 1. The molecule has 1 saturated heterocycles. The number of morpholine rings is 1. The number of nitrogens with zero attached hydrogens (tertiary/aromatic N) is 3. The average Bonchev–Trinajstić information content (AvgIpc) is 2.77. The van der Waals surface area contributed by atoms with Crippen molar-refractivity contribution in [1.82, 2.24) is 14.7 Å². The predicted molar refractivity (Wildman–Crippen MR) is 71.3 cm³/mol. The molecule has 1 atom stereocenters. The Labute approximate surface area is 113 Å². The predicted octanol–water partition coefficient (Wildman–Crippen LogP) is 0.369. The standard InChI is InChI=1S/C13H22N4O2/c1-3-4-17-9-11(7-15-17)8-16-5-6-19-13(2,10-16)12(14)18/h7,9H,3-6,8,10H2,1-2H3,(H2,14,18)/t13-/m1/s1. The summed E-state index contributed by atoms with van der Waals surface area (Å²) in [4.78, 5) is 13.6. The molecular weight excluding hydrogens is 244 g/mol. The van der Waals surface area contributed by atoms with E-state index in [0.717, 1.165) is 31.6 Å². The lowest BCUT2D eigenvalue weighted by Crippen LogP contribution is -2.56. The fourth-order valence-corrected chi connectivity index (χ4v) is 2.33. The zero-order valence-electron chi connectivity index (χ0n) is 11.6. The van der Waals surface area contributed by atoms with Crippen molar-refractivity contribution in [1.29, 1.82) is 0 Å². The summed E-state index contributed by atoms with van der Waals surface area (Å²) in [6.45, 7) is 7.45. The molecule has 0 aromatic carbocycles. The van der Waals surface area contributed by atoms with Crippen LogP contribution in [0, 0.1) is 0 Å². The van der Waals surface area contributed by atoms with E-state index in [2.05, 4.69) is 23.1 Å². The molecule has 1 aliphatic heterocycles. The van der Waals surface area contributed by atoms with Crippen LogP contribution in [0.15, 0.2) is 12.4 Å². The summed E-state index contributed by atoms with van der Waals surface area (Å²) in [6, 6.07) is 0. The molecule has 6 heteroatoms. The van der Waals surface area contributed by atoms with E-state index in [0.29, 0.717) is 13.2 Å². The first kappa shape index (κ1) is 14.0. The zero-order chi connectivity index (χ0) is 13.9. The largest absolute Gasteiger partial charge is 0.367 e. The van der Waals surface area contributed by atoms with Crippen LogP contribution in [0.5, 0.6) is 0 Å². The smallest absolute Gasteiger partial charge is 0.250 e. The molecule has 2 rings (SSSR count). The highest BCUT2D eigenvalue weighted by Gasteiger charge is 2.37. The van der Waals surface area contributed by atoms with Gasteiger partial charge in [-0.3, -0.25) is 14.4 Å². The molecule has 1 aromatic heterocycles. The fraction of sp³-hybridized carbons (Fsp3) is 0.692. The highest BCUT2D eigenvalue weighted by Crippen LogP contribution is 2.18. The van der Waals surface area contributed by atoms with Crippen molar-refractivity contribution in [3.05, 3.63) is 18.0 Å². The third-order valence-corrected chi connectivity index (χ3v) is 3.42. The molecular formula is C13H22N4O2. The Morgan fingerprint density at radius 2 is 2.42 bits per heavy atom. The van der Waals surface area contributed by atoms with Crippen molar-refractivity contribution < 1.29 is 9.53 Å². The van der Waals surface area contributed by atoms with E-state index in [9.17, 15) is 4.79 Å². The molecule has 1 fully saturated rings. The van der Waals surface area contributed by atoms with Crippen LogP contribution < -0.4 is 5.73 Å². The first-order valence-corrected chi connectivity index (χ1v) is 6.71. The average molecular weight is 266 g/mol. The molecule has 0 aliphatic carbocycles. The van der Waals surface area contributed by atoms with Crippen molar-refractivity contribution >= 4 is 5.91 Å². The number of aryl methyl sites for hydroxylation is 1. The van der Waals surface area contributed by atoms with Gasteiger partial charge in [-0.25, -0.2) is 0 Å². The van der Waals surface area contributed by atoms with E-state index < -0.39 is 11.5 Å². The van der Waals surface area contributed by atoms with E-state index in [1.807, 2.05) is 10.9 Å². The van der Waals surface area contributed by atoms with Gasteiger partial charge in [0.1, 0.15) is 0 Å². The van der Waals surface area contributed by atoms with Gasteiger partial charge in [0.05, 0.1) is 12.8 Å². The van der Waals surface area contributed by atoms with Gasteiger partial charge in [0, 0.05) is 37.9 Å². The molecule has 1 aromatic rings. The summed E-state index contributed by atoms with van der Waals surface area (Å²) in [7, 11) is 0. The van der Waals surface area contributed by atoms with Gasteiger partial charge in [0.15, 0.2) is 5.60 Å². The Morgan fingerprint density at radius 3 is 3.11 bits per heavy atom. The van der Waals surface area contributed by atoms with E-state index in [1.54, 1.807) is 6.92 Å². The van der Waals surface area contributed by atoms with Crippen LogP contribution in [-0.4, -0.2) is 45.9 Å². The minimum atomic E-state index is -0.877. The van der Waals surface area contributed by atoms with Crippen LogP contribution in [0.25, 0.3) is 0 Å². The molecule has 0 bridgehead atoms. The monoisotopic (exact) mass is 266 g/mol. The molecule has 1 amide bonds. The van der Waals surface area contributed by atoms with Crippen molar-refractivity contribution in [2.75, 3.05) is 19.7 Å². The Kier molecular flexibility index (Phi) is 4.21. The van der Waals surface area contributed by atoms with Crippen molar-refractivity contribution in [2.45, 2.75) is 39.0 Å². The summed E-state index contributed by atoms with van der Waals surface area (Å²) in [5.74, 6) is -0.404. The number of nitrogens with two attached hydrogens (primary N) is 1. The topological polar surface area (TPSA) is 73.4 Å². The number of carbonyl (C=O) groups is 1. The number of primary amides is 1. The zero-order valence-corrected chi connectivity index (χ0v) is 11.6. The number of ether oxygens (including phenoxy) is 1. The van der Waals surface area contributed by atoms with Gasteiger partial charge >= 0.3 is 0 Å². The Hall–Kier alpha value is -1.40. The third kappa shape index (κ3) is 3.33. The van der Waals surface area contributed by atoms with Gasteiger partial charge in [0.25, 0.3) is 5.91 Å². The summed E-state index contributed by atoms with van der Waals surface area (Å²) < 4.78 is 7.45. The van der Waals surface area contributed by atoms with Crippen LogP contribution in [0.3, 0.4) is 0 Å². The molecule has 19 heavy (non-hydrogen) atoms. The van der Waals surface area contributed by atoms with Crippen LogP contribution in [0.1, 0.15) is 25.8 Å². The lowest BCUT2D eigenvalue weighted by Gasteiger charge is -2.38. The molecule has 2 heterocycles. The first-order valence-electron chi connectivity index (χ1n) is 6.71. The second kappa shape index (κ2) is 5.71. The van der Waals surface area contributed by atoms with Crippen LogP contribution >= 0.6 is 0 Å². The lowest BCUT2D eigenvalue weighted by atomic mass is 10.0. The maximum absolute atomic E-state index is 11.4. The Morgan fingerprint density at radius 1 is 1.63 bits per heavy atom. The Balaban J connectivity index is 1.96. The van der Waals surface area contributed by atoms with Gasteiger partial charge < -0.3 is 10.5 Å². The summed E-state index contributed by atoms with van der Waals surface area (Å²) in [5, 5.41) is 4.31. The number of hydrogen-bond acceptors (Lipinski definition) is 4. The van der Waals surface area contributed by atoms with Crippen LogP contribution in [0.4, 0.5) is 0 Å². The van der Waals surface area contributed by atoms with Crippen molar-refractivity contribution in [2.24, 2.45) is 5.73 Å². The Bertz CT molecular complexity index is 446. The van der Waals surface area contributed by atoms with Gasteiger partial charge in [-0.15, -0.1) is 0 Å². The van der Waals surface area contributed by atoms with Crippen LogP contribution in [-0.2, 0) is 22.6 Å². The van der Waals surface area contributed by atoms with Gasteiger partial charge in [-0.2, -0.15) is 5.10 Å². The normalized spacial score (nSPS) is 24.5. The summed E-state index contributed by atoms with van der Waals surface area (Å²) in [6.07, 6.45) is 5.01. The fourth-order valence-electron chi connectivity index (χ4n) is 2.33. The van der Waals surface area contributed by atoms with E-state index in [-0.39, 0.29) is 0 Å². The van der Waals surface area contributed by atoms with E-state index >= 15 is 0 Å². The molecule has 0 spiro atoms. The highest BCUT2D eigenvalue weighted by atomic mass is 16.5. The van der Waals surface area contributed by atoms with Gasteiger partial charge in [-0.1, -0.05) is 6.92 Å². The first-order chi connectivity index (χ1) is 9.03. The van der Waals surface area contributed by atoms with Gasteiger partial charge in [0.2, 0.25) is 0 Å². The van der Waals surface area contributed by atoms with E-state index in [4.69, 9.17) is 10.5 Å². The molecule has 0 radical (unpaired) electrons. The number of rotatable bonds is 5. The van der Waals surface area contributed by atoms with Gasteiger partial charge in [-0.05, 0) is 13.3 Å². The second-order valence-corrected chi connectivity index (χ2v) is 5.27. The van der Waals surface area contributed by atoms with Crippen LogP contribution in [0.2, 0.25) is 0 Å². The number of carbonyl (C=O) groups excluding carboxylic acids is 1. The quantitative estimate of drug-likeness (QED) is 0.835. The molecule has 6 nitrogen and oxygen atoms in total. The molecule has 1 aliphatic rings. The van der Waals surface area contributed by atoms with Crippen molar-refractivity contribution in [3.63, 3.8) is 0 Å². The van der Waals surface area contributed by atoms with E-state index in [1.165, 1.54) is 0 Å². The maximum Gasteiger partial charge on any atom is 0.250 e. The number of amides is 1. The summed E-state index contributed by atoms with van der Waals surface area (Å²) in [5.41, 5.74) is 5.67. The molecule has 2 N–H and O–H groups in total. The minimum Gasteiger partial charge on any atom is -0.367 e. The maximum atomic E-state index is 11.4. The second-order valence-electron chi connectivity index (χ2n) is 5.27. The third-order valence-electron chi connectivity index (χ3n) is 3.42. The minimum absolute atomic E-state index is 0.404. The SMILES string of the molecule is CCCn1cc(CN2CCO[C@@](C)(C(N)=O)C2)cn1. The molecule has 0 unspecified atom stereocenters.